The van der Waals surface area contributed by atoms with Crippen molar-refractivity contribution in [2.75, 3.05) is 0 Å². The van der Waals surface area contributed by atoms with Gasteiger partial charge in [-0.25, -0.2) is 8.78 Å². The predicted octanol–water partition coefficient (Wildman–Crippen LogP) is 3.73. The summed E-state index contributed by atoms with van der Waals surface area (Å²) in [4.78, 5) is 2.33. The lowest BCUT2D eigenvalue weighted by molar-refractivity contribution is 0.0889. The van der Waals surface area contributed by atoms with Crippen molar-refractivity contribution in [1.82, 2.24) is 4.90 Å². The average Bonchev–Trinajstić information content (AvgIpc) is 2.64. The SMILES string of the molecule is CC1CCC2CC[C@@H]1N2Cc1c(F)cccc1F. The molecule has 1 nitrogen and oxygen atoms in total. The third kappa shape index (κ3) is 1.95. The van der Waals surface area contributed by atoms with Crippen molar-refractivity contribution >= 4 is 0 Å². The Morgan fingerprint density at radius 1 is 1.11 bits per heavy atom. The summed E-state index contributed by atoms with van der Waals surface area (Å²) in [7, 11) is 0. The average molecular weight is 251 g/mol. The van der Waals surface area contributed by atoms with Crippen LogP contribution in [0.5, 0.6) is 0 Å². The monoisotopic (exact) mass is 251 g/mol. The van der Waals surface area contributed by atoms with Crippen LogP contribution in [0.3, 0.4) is 0 Å². The van der Waals surface area contributed by atoms with Gasteiger partial charge in [0.2, 0.25) is 0 Å². The molecule has 0 saturated carbocycles. The number of fused-ring (bicyclic) bond motifs is 2. The van der Waals surface area contributed by atoms with E-state index < -0.39 is 11.6 Å². The van der Waals surface area contributed by atoms with Gasteiger partial charge in [-0.2, -0.15) is 0 Å². The van der Waals surface area contributed by atoms with Crippen LogP contribution in [0.1, 0.15) is 38.2 Å². The molecule has 3 atom stereocenters. The largest absolute Gasteiger partial charge is 0.293 e. The van der Waals surface area contributed by atoms with E-state index in [0.717, 1.165) is 0 Å². The highest BCUT2D eigenvalue weighted by atomic mass is 19.1. The summed E-state index contributed by atoms with van der Waals surface area (Å²) in [6, 6.07) is 5.19. The van der Waals surface area contributed by atoms with Crippen LogP contribution < -0.4 is 0 Å². The Morgan fingerprint density at radius 2 is 1.78 bits per heavy atom. The van der Waals surface area contributed by atoms with Crippen molar-refractivity contribution in [2.24, 2.45) is 5.92 Å². The number of benzene rings is 1. The Balaban J connectivity index is 1.84. The maximum absolute atomic E-state index is 13.7. The van der Waals surface area contributed by atoms with E-state index in [1.807, 2.05) is 0 Å². The molecule has 0 N–H and O–H groups in total. The minimum absolute atomic E-state index is 0.239. The zero-order valence-electron chi connectivity index (χ0n) is 10.7. The normalized spacial score (nSPS) is 31.8. The number of hydrogen-bond donors (Lipinski definition) is 0. The zero-order chi connectivity index (χ0) is 12.7. The van der Waals surface area contributed by atoms with Crippen LogP contribution in [-0.4, -0.2) is 17.0 Å². The van der Waals surface area contributed by atoms with Crippen molar-refractivity contribution in [1.29, 1.82) is 0 Å². The Morgan fingerprint density at radius 3 is 2.50 bits per heavy atom. The Hall–Kier alpha value is -0.960. The van der Waals surface area contributed by atoms with Crippen LogP contribution in [0.2, 0.25) is 0 Å². The second kappa shape index (κ2) is 4.61. The highest BCUT2D eigenvalue weighted by Crippen LogP contribution is 2.40. The summed E-state index contributed by atoms with van der Waals surface area (Å²) >= 11 is 0. The quantitative estimate of drug-likeness (QED) is 0.774. The first-order chi connectivity index (χ1) is 8.66. The molecule has 2 unspecified atom stereocenters. The zero-order valence-corrected chi connectivity index (χ0v) is 10.7. The molecule has 3 heteroatoms. The van der Waals surface area contributed by atoms with E-state index in [-0.39, 0.29) is 5.56 Å². The van der Waals surface area contributed by atoms with Gasteiger partial charge < -0.3 is 0 Å². The third-order valence-electron chi connectivity index (χ3n) is 4.71. The molecule has 0 radical (unpaired) electrons. The number of nitrogens with zero attached hydrogens (tertiary/aromatic N) is 1. The number of hydrogen-bond acceptors (Lipinski definition) is 1. The lowest BCUT2D eigenvalue weighted by Gasteiger charge is -2.38. The van der Waals surface area contributed by atoms with Gasteiger partial charge in [-0.1, -0.05) is 13.0 Å². The van der Waals surface area contributed by atoms with E-state index in [0.29, 0.717) is 24.5 Å². The molecule has 1 aromatic carbocycles. The minimum Gasteiger partial charge on any atom is -0.293 e. The molecule has 1 aromatic rings. The van der Waals surface area contributed by atoms with Crippen molar-refractivity contribution in [3.05, 3.63) is 35.4 Å². The fourth-order valence-corrected chi connectivity index (χ4v) is 3.65. The van der Waals surface area contributed by atoms with Crippen LogP contribution in [-0.2, 0) is 6.54 Å². The molecule has 18 heavy (non-hydrogen) atoms. The molecular weight excluding hydrogens is 232 g/mol. The summed E-state index contributed by atoms with van der Waals surface area (Å²) in [6.45, 7) is 2.69. The predicted molar refractivity (Wildman–Crippen MR) is 67.1 cm³/mol. The first-order valence-corrected chi connectivity index (χ1v) is 6.85. The molecule has 2 saturated heterocycles. The van der Waals surface area contributed by atoms with Crippen LogP contribution in [0, 0.1) is 17.6 Å². The summed E-state index contributed by atoms with van der Waals surface area (Å²) in [5.41, 5.74) is 0.239. The van der Waals surface area contributed by atoms with Crippen LogP contribution in [0.25, 0.3) is 0 Å². The molecule has 0 amide bonds. The second-order valence-corrected chi connectivity index (χ2v) is 5.73. The van der Waals surface area contributed by atoms with Gasteiger partial charge >= 0.3 is 0 Å². The summed E-state index contributed by atoms with van der Waals surface area (Å²) < 4.78 is 27.4. The van der Waals surface area contributed by atoms with E-state index in [1.54, 1.807) is 0 Å². The Labute approximate surface area is 107 Å². The van der Waals surface area contributed by atoms with Gasteiger partial charge in [0.15, 0.2) is 0 Å². The summed E-state index contributed by atoms with van der Waals surface area (Å²) in [5, 5.41) is 0. The van der Waals surface area contributed by atoms with Gasteiger partial charge in [0.05, 0.1) is 0 Å². The van der Waals surface area contributed by atoms with Gasteiger partial charge in [0.25, 0.3) is 0 Å². The lowest BCUT2D eigenvalue weighted by atomic mass is 9.91. The maximum atomic E-state index is 13.7. The van der Waals surface area contributed by atoms with Crippen molar-refractivity contribution < 1.29 is 8.78 Å². The Kier molecular flexibility index (Phi) is 3.10. The molecule has 2 bridgehead atoms. The molecule has 2 fully saturated rings. The molecule has 2 aliphatic rings. The van der Waals surface area contributed by atoms with Crippen molar-refractivity contribution in [3.8, 4) is 0 Å². The van der Waals surface area contributed by atoms with E-state index >= 15 is 0 Å². The smallest absolute Gasteiger partial charge is 0.130 e. The van der Waals surface area contributed by atoms with Gasteiger partial charge in [-0.3, -0.25) is 4.90 Å². The molecule has 98 valence electrons. The summed E-state index contributed by atoms with van der Waals surface area (Å²) in [5.74, 6) is -0.168. The van der Waals surface area contributed by atoms with Gasteiger partial charge in [0, 0.05) is 24.2 Å². The second-order valence-electron chi connectivity index (χ2n) is 5.73. The first kappa shape index (κ1) is 12.1. The fraction of sp³-hybridized carbons (Fsp3) is 0.600. The molecule has 3 rings (SSSR count). The number of halogens is 2. The third-order valence-corrected chi connectivity index (χ3v) is 4.71. The highest BCUT2D eigenvalue weighted by Gasteiger charge is 2.40. The van der Waals surface area contributed by atoms with Crippen LogP contribution in [0.4, 0.5) is 8.78 Å². The van der Waals surface area contributed by atoms with Crippen molar-refractivity contribution in [2.45, 2.75) is 51.2 Å². The first-order valence-electron chi connectivity index (χ1n) is 6.85. The van der Waals surface area contributed by atoms with E-state index in [9.17, 15) is 8.78 Å². The maximum Gasteiger partial charge on any atom is 0.130 e. The molecule has 0 spiro atoms. The van der Waals surface area contributed by atoms with Gasteiger partial charge in [-0.05, 0) is 43.7 Å². The van der Waals surface area contributed by atoms with E-state index in [2.05, 4.69) is 11.8 Å². The molecule has 0 aromatic heterocycles. The van der Waals surface area contributed by atoms with E-state index in [1.165, 1.54) is 43.9 Å². The van der Waals surface area contributed by atoms with Gasteiger partial charge in [0.1, 0.15) is 11.6 Å². The molecular formula is C15H19F2N. The number of rotatable bonds is 2. The minimum atomic E-state index is -0.410. The highest BCUT2D eigenvalue weighted by molar-refractivity contribution is 5.20. The fourth-order valence-electron chi connectivity index (χ4n) is 3.65. The van der Waals surface area contributed by atoms with E-state index in [4.69, 9.17) is 0 Å². The lowest BCUT2D eigenvalue weighted by Crippen LogP contribution is -2.43. The summed E-state index contributed by atoms with van der Waals surface area (Å²) in [6.07, 6.45) is 4.80. The van der Waals surface area contributed by atoms with Crippen LogP contribution >= 0.6 is 0 Å². The van der Waals surface area contributed by atoms with Gasteiger partial charge in [-0.15, -0.1) is 0 Å². The topological polar surface area (TPSA) is 3.24 Å². The molecule has 2 aliphatic heterocycles. The molecule has 2 heterocycles. The number of piperidine rings is 1. The molecule has 0 aliphatic carbocycles. The van der Waals surface area contributed by atoms with Crippen LogP contribution in [0.15, 0.2) is 18.2 Å². The van der Waals surface area contributed by atoms with Crippen molar-refractivity contribution in [3.63, 3.8) is 0 Å². The Bertz CT molecular complexity index is 426. The standard InChI is InChI=1S/C15H19F2N/c1-10-5-6-11-7-8-15(10)18(11)9-12-13(16)3-2-4-14(12)17/h2-4,10-11,15H,5-9H2,1H3/t10?,11?,15-/m0/s1.